The Kier molecular flexibility index (Phi) is 6.70. The number of nitrogen functional groups attached to an aromatic ring is 1. The van der Waals surface area contributed by atoms with E-state index in [0.29, 0.717) is 58.9 Å². The molecule has 0 aliphatic heterocycles. The number of fused-ring (bicyclic) bond motifs is 1. The molecule has 0 amide bonds. The summed E-state index contributed by atoms with van der Waals surface area (Å²) >= 11 is 0. The molecular weight excluding hydrogens is 449 g/mol. The summed E-state index contributed by atoms with van der Waals surface area (Å²) in [5, 5.41) is 3.86. The lowest BCUT2D eigenvalue weighted by atomic mass is 10.0. The molecule has 3 aromatic rings. The first-order chi connectivity index (χ1) is 16.1. The molecule has 0 radical (unpaired) electrons. The number of hydrogen-bond acceptors (Lipinski definition) is 7. The summed E-state index contributed by atoms with van der Waals surface area (Å²) in [4.78, 5) is 8.96. The minimum absolute atomic E-state index is 0.0380. The number of nitrogens with zero attached hydrogens (tertiary/aromatic N) is 2. The number of benzene rings is 2. The molecule has 7 nitrogen and oxygen atoms in total. The van der Waals surface area contributed by atoms with Gasteiger partial charge < -0.3 is 25.3 Å². The summed E-state index contributed by atoms with van der Waals surface area (Å²) in [6.07, 6.45) is -1.99. The van der Waals surface area contributed by atoms with Crippen LogP contribution in [0.4, 0.5) is 24.7 Å². The Hall–Kier alpha value is -3.27. The van der Waals surface area contributed by atoms with Crippen molar-refractivity contribution in [3.63, 3.8) is 0 Å². The van der Waals surface area contributed by atoms with E-state index in [1.165, 1.54) is 6.07 Å². The minimum Gasteiger partial charge on any atom is -0.493 e. The van der Waals surface area contributed by atoms with Crippen LogP contribution in [0.5, 0.6) is 11.5 Å². The summed E-state index contributed by atoms with van der Waals surface area (Å²) in [6.45, 7) is 4.31. The van der Waals surface area contributed by atoms with Gasteiger partial charge in [-0.25, -0.2) is 9.97 Å². The molecule has 1 atom stereocenters. The first-order valence-corrected chi connectivity index (χ1v) is 11.0. The van der Waals surface area contributed by atoms with E-state index in [2.05, 4.69) is 15.3 Å². The molecule has 3 N–H and O–H groups in total. The lowest BCUT2D eigenvalue weighted by Gasteiger charge is -2.20. The summed E-state index contributed by atoms with van der Waals surface area (Å²) in [7, 11) is 1.54. The third-order valence-electron chi connectivity index (χ3n) is 5.47. The van der Waals surface area contributed by atoms with Gasteiger partial charge in [0, 0.05) is 17.1 Å². The number of nitrogens with one attached hydrogen (secondary N) is 1. The number of aryl methyl sites for hydroxylation is 1. The van der Waals surface area contributed by atoms with Crippen LogP contribution in [0.25, 0.3) is 10.9 Å². The zero-order valence-electron chi connectivity index (χ0n) is 19.2. The van der Waals surface area contributed by atoms with Crippen LogP contribution in [-0.4, -0.2) is 36.4 Å². The fourth-order valence-corrected chi connectivity index (χ4v) is 3.61. The normalized spacial score (nSPS) is 14.8. The maximum absolute atomic E-state index is 13.3. The number of hydrogen-bond donors (Lipinski definition) is 2. The molecule has 2 aromatic carbocycles. The molecule has 1 fully saturated rings. The van der Waals surface area contributed by atoms with Crippen LogP contribution in [0.15, 0.2) is 30.3 Å². The van der Waals surface area contributed by atoms with E-state index >= 15 is 0 Å². The van der Waals surface area contributed by atoms with E-state index < -0.39 is 17.8 Å². The zero-order valence-corrected chi connectivity index (χ0v) is 19.2. The van der Waals surface area contributed by atoms with Crippen molar-refractivity contribution in [2.45, 2.75) is 45.0 Å². The minimum atomic E-state index is -4.49. The Balaban J connectivity index is 1.63. The molecule has 182 valence electrons. The van der Waals surface area contributed by atoms with Crippen molar-refractivity contribution in [1.82, 2.24) is 9.97 Å². The predicted molar refractivity (Wildman–Crippen MR) is 123 cm³/mol. The van der Waals surface area contributed by atoms with Crippen molar-refractivity contribution in [2.24, 2.45) is 0 Å². The van der Waals surface area contributed by atoms with E-state index in [-0.39, 0.29) is 5.69 Å². The van der Waals surface area contributed by atoms with E-state index in [1.807, 2.05) is 0 Å². The van der Waals surface area contributed by atoms with Crippen molar-refractivity contribution in [1.29, 1.82) is 0 Å². The van der Waals surface area contributed by atoms with Gasteiger partial charge >= 0.3 is 6.18 Å². The molecule has 1 aromatic heterocycles. The summed E-state index contributed by atoms with van der Waals surface area (Å²) in [6, 6.07) is 6.52. The molecule has 1 saturated carbocycles. The van der Waals surface area contributed by atoms with Gasteiger partial charge in [-0.3, -0.25) is 0 Å². The van der Waals surface area contributed by atoms with Gasteiger partial charge in [0.2, 0.25) is 0 Å². The maximum atomic E-state index is 13.3. The van der Waals surface area contributed by atoms with E-state index in [0.717, 1.165) is 25.0 Å². The van der Waals surface area contributed by atoms with E-state index in [1.54, 1.807) is 33.1 Å². The molecule has 4 rings (SSSR count). The highest BCUT2D eigenvalue weighted by Crippen LogP contribution is 2.37. The third-order valence-corrected chi connectivity index (χ3v) is 5.47. The van der Waals surface area contributed by atoms with Crippen LogP contribution in [0.1, 0.15) is 42.8 Å². The number of ether oxygens (including phenoxy) is 3. The van der Waals surface area contributed by atoms with Crippen molar-refractivity contribution in [2.75, 3.05) is 31.4 Å². The standard InChI is InChI=1S/C24H27F3N4O3/c1-13(15-8-16(24(25,26)27)10-17(28)9-15)29-23-19-11-22(34-7-6-33-18-4-5-18)21(32-3)12-20(19)30-14(2)31-23/h8-13,18H,4-7,28H2,1-3H3,(H,29,30,31)/t13-/m1/s1. The Labute approximate surface area is 195 Å². The monoisotopic (exact) mass is 476 g/mol. The number of aromatic nitrogens is 2. The molecule has 1 aliphatic rings. The fourth-order valence-electron chi connectivity index (χ4n) is 3.61. The summed E-state index contributed by atoms with van der Waals surface area (Å²) in [5.41, 5.74) is 5.98. The van der Waals surface area contributed by atoms with Crippen LogP contribution < -0.4 is 20.5 Å². The number of halogens is 3. The van der Waals surface area contributed by atoms with Gasteiger partial charge in [-0.1, -0.05) is 0 Å². The topological polar surface area (TPSA) is 91.5 Å². The van der Waals surface area contributed by atoms with Gasteiger partial charge in [0.1, 0.15) is 18.2 Å². The SMILES string of the molecule is COc1cc2nc(C)nc(N[C@H](C)c3cc(N)cc(C(F)(F)F)c3)c2cc1OCCOC1CC1. The van der Waals surface area contributed by atoms with Crippen molar-refractivity contribution in [3.05, 3.63) is 47.3 Å². The van der Waals surface area contributed by atoms with Gasteiger partial charge in [0.05, 0.1) is 36.9 Å². The molecule has 1 aliphatic carbocycles. The fraction of sp³-hybridized carbons (Fsp3) is 0.417. The first-order valence-electron chi connectivity index (χ1n) is 11.0. The zero-order chi connectivity index (χ0) is 24.5. The number of nitrogens with two attached hydrogens (primary N) is 1. The molecule has 0 saturated heterocycles. The van der Waals surface area contributed by atoms with Crippen LogP contribution in [0, 0.1) is 6.92 Å². The lowest BCUT2D eigenvalue weighted by molar-refractivity contribution is -0.137. The molecule has 0 spiro atoms. The number of alkyl halides is 3. The molecule has 0 bridgehead atoms. The van der Waals surface area contributed by atoms with Gasteiger partial charge in [-0.15, -0.1) is 0 Å². The summed E-state index contributed by atoms with van der Waals surface area (Å²) < 4.78 is 56.8. The average molecular weight is 476 g/mol. The number of methoxy groups -OCH3 is 1. The first kappa shape index (κ1) is 23.9. The second-order valence-corrected chi connectivity index (χ2v) is 8.31. The highest BCUT2D eigenvalue weighted by Gasteiger charge is 2.31. The smallest absolute Gasteiger partial charge is 0.416 e. The lowest BCUT2D eigenvalue weighted by Crippen LogP contribution is -2.13. The van der Waals surface area contributed by atoms with Gasteiger partial charge in [0.25, 0.3) is 0 Å². The van der Waals surface area contributed by atoms with E-state index in [4.69, 9.17) is 19.9 Å². The number of rotatable bonds is 9. The van der Waals surface area contributed by atoms with Crippen molar-refractivity contribution in [3.8, 4) is 11.5 Å². The highest BCUT2D eigenvalue weighted by atomic mass is 19.4. The van der Waals surface area contributed by atoms with Crippen molar-refractivity contribution >= 4 is 22.4 Å². The van der Waals surface area contributed by atoms with Gasteiger partial charge in [-0.2, -0.15) is 13.2 Å². The van der Waals surface area contributed by atoms with Crippen LogP contribution >= 0.6 is 0 Å². The Morgan fingerprint density at radius 1 is 1.09 bits per heavy atom. The van der Waals surface area contributed by atoms with Gasteiger partial charge in [0.15, 0.2) is 11.5 Å². The number of anilines is 2. The molecule has 0 unspecified atom stereocenters. The van der Waals surface area contributed by atoms with Crippen LogP contribution in [0.2, 0.25) is 0 Å². The van der Waals surface area contributed by atoms with Gasteiger partial charge in [-0.05, 0) is 56.5 Å². The molecular formula is C24H27F3N4O3. The third kappa shape index (κ3) is 5.61. The Morgan fingerprint density at radius 3 is 2.53 bits per heavy atom. The van der Waals surface area contributed by atoms with Crippen LogP contribution in [0.3, 0.4) is 0 Å². The predicted octanol–water partition coefficient (Wildman–Crippen LogP) is 5.28. The highest BCUT2D eigenvalue weighted by molar-refractivity contribution is 5.92. The second kappa shape index (κ2) is 9.54. The largest absolute Gasteiger partial charge is 0.493 e. The van der Waals surface area contributed by atoms with E-state index in [9.17, 15) is 13.2 Å². The van der Waals surface area contributed by atoms with Crippen molar-refractivity contribution < 1.29 is 27.4 Å². The quantitative estimate of drug-likeness (QED) is 0.321. The Morgan fingerprint density at radius 2 is 1.85 bits per heavy atom. The summed E-state index contributed by atoms with van der Waals surface area (Å²) in [5.74, 6) is 1.98. The average Bonchev–Trinajstić information content (AvgIpc) is 3.59. The molecule has 34 heavy (non-hydrogen) atoms. The second-order valence-electron chi connectivity index (χ2n) is 8.31. The maximum Gasteiger partial charge on any atom is 0.416 e. The Bertz CT molecular complexity index is 1180. The van der Waals surface area contributed by atoms with Crippen LogP contribution in [-0.2, 0) is 10.9 Å². The molecule has 1 heterocycles. The molecule has 10 heteroatoms.